The predicted octanol–water partition coefficient (Wildman–Crippen LogP) is 5.20. The van der Waals surface area contributed by atoms with Crippen molar-refractivity contribution in [2.75, 3.05) is 44.0 Å². The summed E-state index contributed by atoms with van der Waals surface area (Å²) in [6.45, 7) is 5.40. The number of halogens is 3. The number of hydrogen-bond acceptors (Lipinski definition) is 8. The van der Waals surface area contributed by atoms with Gasteiger partial charge in [0, 0.05) is 57.3 Å². The van der Waals surface area contributed by atoms with E-state index in [0.717, 1.165) is 30.7 Å². The summed E-state index contributed by atoms with van der Waals surface area (Å²) in [5, 5.41) is 15.2. The number of benzene rings is 2. The minimum absolute atomic E-state index is 0.0200. The molecule has 2 heterocycles. The van der Waals surface area contributed by atoms with Crippen LogP contribution in [0.2, 0.25) is 0 Å². The summed E-state index contributed by atoms with van der Waals surface area (Å²) in [6.07, 6.45) is -0.630. The van der Waals surface area contributed by atoms with Crippen molar-refractivity contribution >= 4 is 33.3 Å². The summed E-state index contributed by atoms with van der Waals surface area (Å²) in [7, 11) is -0.820. The SMILES string of the molecule is C[C@@H]1CCCCO[C@@H](CN(C)S(=O)(=O)c2cn(C)cn2)[C@H](C)CN([C@H](C)CO)C(=O)c2cc(NC(=O)Nc3ccc(C(F)(F)F)cc3)ccc2O1. The number of anilines is 2. The van der Waals surface area contributed by atoms with Crippen molar-refractivity contribution < 1.29 is 45.8 Å². The molecule has 17 heteroatoms. The van der Waals surface area contributed by atoms with Gasteiger partial charge in [0.25, 0.3) is 15.9 Å². The van der Waals surface area contributed by atoms with Crippen LogP contribution in [0.25, 0.3) is 0 Å². The van der Waals surface area contributed by atoms with Crippen molar-refractivity contribution in [1.29, 1.82) is 0 Å². The van der Waals surface area contributed by atoms with Crippen LogP contribution in [0, 0.1) is 5.92 Å². The molecule has 0 saturated carbocycles. The minimum Gasteiger partial charge on any atom is -0.490 e. The zero-order valence-corrected chi connectivity index (χ0v) is 30.0. The molecule has 4 rings (SSSR count). The van der Waals surface area contributed by atoms with Crippen molar-refractivity contribution in [3.05, 3.63) is 66.1 Å². The molecule has 13 nitrogen and oxygen atoms in total. The number of alkyl halides is 3. The maximum atomic E-state index is 14.3. The lowest BCUT2D eigenvalue weighted by Crippen LogP contribution is -2.48. The largest absolute Gasteiger partial charge is 0.490 e. The van der Waals surface area contributed by atoms with E-state index in [0.29, 0.717) is 19.4 Å². The molecule has 0 unspecified atom stereocenters. The third kappa shape index (κ3) is 10.4. The highest BCUT2D eigenvalue weighted by molar-refractivity contribution is 7.89. The van der Waals surface area contributed by atoms with Crippen molar-refractivity contribution in [1.82, 2.24) is 18.8 Å². The number of imidazole rings is 1. The van der Waals surface area contributed by atoms with Gasteiger partial charge in [0.1, 0.15) is 5.75 Å². The molecular formula is C34H45F3N6O7S. The average Bonchev–Trinajstić information content (AvgIpc) is 3.52. The lowest BCUT2D eigenvalue weighted by atomic mass is 10.0. The highest BCUT2D eigenvalue weighted by Gasteiger charge is 2.33. The number of aliphatic hydroxyl groups is 1. The first-order chi connectivity index (χ1) is 24.0. The van der Waals surface area contributed by atoms with Crippen molar-refractivity contribution in [2.45, 2.75) is 69.5 Å². The Labute approximate surface area is 295 Å². The number of aryl methyl sites for hydroxylation is 1. The summed E-state index contributed by atoms with van der Waals surface area (Å²) in [5.41, 5.74) is -0.427. The second kappa shape index (κ2) is 16.9. The van der Waals surface area contributed by atoms with Crippen LogP contribution in [-0.2, 0) is 28.0 Å². The monoisotopic (exact) mass is 738 g/mol. The number of likely N-dealkylation sites (N-methyl/N-ethyl adjacent to an activating group) is 1. The van der Waals surface area contributed by atoms with Crippen LogP contribution in [0.5, 0.6) is 5.75 Å². The molecule has 3 amide bonds. The molecule has 0 saturated heterocycles. The molecule has 0 fully saturated rings. The summed E-state index contributed by atoms with van der Waals surface area (Å²) in [5.74, 6) is -0.663. The Morgan fingerprint density at radius 3 is 2.41 bits per heavy atom. The number of nitrogens with zero attached hydrogens (tertiary/aromatic N) is 4. The minimum atomic E-state index is -4.52. The third-order valence-electron chi connectivity index (χ3n) is 8.57. The number of fused-ring (bicyclic) bond motifs is 1. The molecule has 1 aliphatic heterocycles. The molecule has 3 aromatic rings. The number of urea groups is 1. The number of ether oxygens (including phenoxy) is 2. The van der Waals surface area contributed by atoms with Gasteiger partial charge in [0.05, 0.1) is 42.3 Å². The van der Waals surface area contributed by atoms with Gasteiger partial charge in [0.2, 0.25) is 0 Å². The quantitative estimate of drug-likeness (QED) is 0.285. The van der Waals surface area contributed by atoms with Crippen LogP contribution in [0.1, 0.15) is 56.0 Å². The molecule has 1 aliphatic rings. The zero-order valence-electron chi connectivity index (χ0n) is 29.2. The van der Waals surface area contributed by atoms with Crippen LogP contribution in [0.3, 0.4) is 0 Å². The highest BCUT2D eigenvalue weighted by atomic mass is 32.2. The Kier molecular flexibility index (Phi) is 13.1. The first kappa shape index (κ1) is 39.6. The third-order valence-corrected chi connectivity index (χ3v) is 10.3. The number of nitrogens with one attached hydrogen (secondary N) is 2. The molecule has 2 aromatic carbocycles. The number of rotatable bonds is 8. The fraction of sp³-hybridized carbons (Fsp3) is 0.500. The van der Waals surface area contributed by atoms with Crippen molar-refractivity contribution in [2.24, 2.45) is 13.0 Å². The van der Waals surface area contributed by atoms with Gasteiger partial charge in [-0.05, 0) is 75.6 Å². The smallest absolute Gasteiger partial charge is 0.416 e. The number of carbonyl (C=O) groups excluding carboxylic acids is 2. The van der Waals surface area contributed by atoms with Crippen LogP contribution >= 0.6 is 0 Å². The number of amides is 3. The van der Waals surface area contributed by atoms with Gasteiger partial charge in [-0.25, -0.2) is 18.2 Å². The van der Waals surface area contributed by atoms with E-state index in [1.54, 1.807) is 26.1 Å². The molecule has 0 radical (unpaired) electrons. The van der Waals surface area contributed by atoms with Gasteiger partial charge in [-0.3, -0.25) is 4.79 Å². The van der Waals surface area contributed by atoms with Crippen molar-refractivity contribution in [3.8, 4) is 5.75 Å². The number of carbonyl (C=O) groups is 2. The van der Waals surface area contributed by atoms with E-state index in [4.69, 9.17) is 9.47 Å². The molecule has 0 aliphatic carbocycles. The predicted molar refractivity (Wildman–Crippen MR) is 184 cm³/mol. The second-order valence-electron chi connectivity index (χ2n) is 12.8. The zero-order chi connectivity index (χ0) is 37.5. The highest BCUT2D eigenvalue weighted by Crippen LogP contribution is 2.31. The summed E-state index contributed by atoms with van der Waals surface area (Å²) < 4.78 is 80.6. The standard InChI is InChI=1S/C34H45F3N6O7S/c1-22-17-43(23(2)20-44)32(45)28-16-27(40-33(46)39-26-11-9-25(10-12-26)34(35,36)37)13-14-29(28)50-24(3)8-6-7-15-49-30(22)18-42(5)51(47,48)31-19-41(4)21-38-31/h9-14,16,19,21-24,30,44H,6-8,15,17-18,20H2,1-5H3,(H2,39,40,46)/t22-,23-,24-,30+/m1/s1. The maximum absolute atomic E-state index is 14.3. The second-order valence-corrected chi connectivity index (χ2v) is 14.8. The van der Waals surface area contributed by atoms with E-state index in [9.17, 15) is 36.3 Å². The molecule has 4 atom stereocenters. The van der Waals surface area contributed by atoms with Gasteiger partial charge in [-0.2, -0.15) is 17.5 Å². The normalized spacial score (nSPS) is 20.2. The van der Waals surface area contributed by atoms with E-state index < -0.39 is 51.8 Å². The van der Waals surface area contributed by atoms with E-state index in [1.807, 2.05) is 13.8 Å². The molecule has 0 bridgehead atoms. The number of sulfonamides is 1. The number of aromatic nitrogens is 2. The van der Waals surface area contributed by atoms with Gasteiger partial charge in [0.15, 0.2) is 5.03 Å². The van der Waals surface area contributed by atoms with Gasteiger partial charge >= 0.3 is 12.2 Å². The number of hydrogen-bond donors (Lipinski definition) is 3. The lowest BCUT2D eigenvalue weighted by molar-refractivity contribution is -0.137. The first-order valence-corrected chi connectivity index (χ1v) is 18.0. The van der Waals surface area contributed by atoms with Gasteiger partial charge < -0.3 is 34.7 Å². The lowest BCUT2D eigenvalue weighted by Gasteiger charge is -2.35. The summed E-state index contributed by atoms with van der Waals surface area (Å²) in [4.78, 5) is 32.6. The molecule has 1 aromatic heterocycles. The fourth-order valence-corrected chi connectivity index (χ4v) is 6.67. The maximum Gasteiger partial charge on any atom is 0.416 e. The van der Waals surface area contributed by atoms with Gasteiger partial charge in [-0.1, -0.05) is 6.92 Å². The van der Waals surface area contributed by atoms with Gasteiger partial charge in [-0.15, -0.1) is 0 Å². The van der Waals surface area contributed by atoms with Crippen LogP contribution < -0.4 is 15.4 Å². The topological polar surface area (TPSA) is 155 Å². The Morgan fingerprint density at radius 2 is 1.78 bits per heavy atom. The number of aliphatic hydroxyl groups excluding tert-OH is 1. The summed E-state index contributed by atoms with van der Waals surface area (Å²) >= 11 is 0. The molecule has 3 N–H and O–H groups in total. The van der Waals surface area contributed by atoms with Crippen LogP contribution in [0.15, 0.2) is 60.0 Å². The Hall–Kier alpha value is -4.19. The van der Waals surface area contributed by atoms with E-state index in [1.165, 1.54) is 39.4 Å². The van der Waals surface area contributed by atoms with Crippen molar-refractivity contribution in [3.63, 3.8) is 0 Å². The first-order valence-electron chi connectivity index (χ1n) is 16.5. The molecular weight excluding hydrogens is 693 g/mol. The molecule has 0 spiro atoms. The average molecular weight is 739 g/mol. The Morgan fingerprint density at radius 1 is 1.12 bits per heavy atom. The molecule has 280 valence electrons. The van der Waals surface area contributed by atoms with E-state index in [2.05, 4.69) is 15.6 Å². The van der Waals surface area contributed by atoms with E-state index in [-0.39, 0.29) is 53.5 Å². The van der Waals surface area contributed by atoms with Crippen LogP contribution in [-0.4, -0.2) is 95.8 Å². The van der Waals surface area contributed by atoms with E-state index >= 15 is 0 Å². The Bertz CT molecular complexity index is 1750. The molecule has 51 heavy (non-hydrogen) atoms. The summed E-state index contributed by atoms with van der Waals surface area (Å²) in [6, 6.07) is 7.06. The van der Waals surface area contributed by atoms with Crippen LogP contribution in [0.4, 0.5) is 29.3 Å². The fourth-order valence-electron chi connectivity index (χ4n) is 5.53. The Balaban J connectivity index is 1.60.